The number of carbonyl (C=O) groups is 2. The van der Waals surface area contributed by atoms with Gasteiger partial charge in [0.15, 0.2) is 0 Å². The van der Waals surface area contributed by atoms with E-state index in [0.717, 1.165) is 5.39 Å². The van der Waals surface area contributed by atoms with Crippen LogP contribution in [-0.4, -0.2) is 41.1 Å². The summed E-state index contributed by atoms with van der Waals surface area (Å²) in [5.41, 5.74) is 0.868. The maximum atomic E-state index is 12.8. The van der Waals surface area contributed by atoms with Crippen LogP contribution in [0.4, 0.5) is 4.79 Å². The number of rotatable bonds is 4. The number of hydrogen-bond donors (Lipinski definition) is 1. The Labute approximate surface area is 146 Å². The summed E-state index contributed by atoms with van der Waals surface area (Å²) >= 11 is 0. The smallest absolute Gasteiger partial charge is 0.419 e. The molecule has 0 amide bonds. The Morgan fingerprint density at radius 1 is 1.24 bits per heavy atom. The van der Waals surface area contributed by atoms with Crippen LogP contribution in [0, 0.1) is 0 Å². The molecule has 0 aliphatic carbocycles. The Morgan fingerprint density at radius 3 is 2.44 bits per heavy atom. The summed E-state index contributed by atoms with van der Waals surface area (Å²) in [6, 6.07) is 7.20. The van der Waals surface area contributed by atoms with E-state index >= 15 is 0 Å². The lowest BCUT2D eigenvalue weighted by molar-refractivity contribution is -0.133. The number of esters is 1. The van der Waals surface area contributed by atoms with Crippen molar-refractivity contribution in [2.75, 3.05) is 13.7 Å². The molecule has 1 N–H and O–H groups in total. The van der Waals surface area contributed by atoms with Gasteiger partial charge >= 0.3 is 12.1 Å². The summed E-state index contributed by atoms with van der Waals surface area (Å²) in [6.07, 6.45) is -0.352. The number of para-hydroxylation sites is 1. The lowest BCUT2D eigenvalue weighted by atomic mass is 10.0. The zero-order chi connectivity index (χ0) is 18.8. The molecule has 0 bridgehead atoms. The second-order valence-corrected chi connectivity index (χ2v) is 6.60. The molecule has 0 saturated heterocycles. The molecule has 1 aromatic heterocycles. The highest BCUT2D eigenvalue weighted by atomic mass is 16.6. The largest absolute Gasteiger partial charge is 0.465 e. The van der Waals surface area contributed by atoms with E-state index in [1.807, 2.05) is 12.1 Å². The number of nitrogens with zero attached hydrogens (tertiary/aromatic N) is 1. The lowest BCUT2D eigenvalue weighted by Crippen LogP contribution is -2.28. The molecule has 0 aliphatic heterocycles. The average molecular weight is 345 g/mol. The highest BCUT2D eigenvalue weighted by Gasteiger charge is 2.28. The van der Waals surface area contributed by atoms with Gasteiger partial charge in [0.2, 0.25) is 0 Å². The summed E-state index contributed by atoms with van der Waals surface area (Å²) in [4.78, 5) is 24.9. The van der Waals surface area contributed by atoms with Gasteiger partial charge in [0.1, 0.15) is 5.60 Å². The van der Waals surface area contributed by atoms with Gasteiger partial charge in [-0.2, -0.15) is 0 Å². The van der Waals surface area contributed by atoms with Crippen LogP contribution >= 0.6 is 0 Å². The third kappa shape index (κ3) is 3.74. The zero-order valence-electron chi connectivity index (χ0n) is 15.0. The average Bonchev–Trinajstić information content (AvgIpc) is 2.87. The first-order chi connectivity index (χ1) is 11.7. The minimum atomic E-state index is -0.705. The Hall–Kier alpha value is -2.60. The number of aromatic nitrogens is 1. The fraction of sp³-hybridized carbons (Fsp3) is 0.368. The van der Waals surface area contributed by atoms with Crippen LogP contribution in [0.25, 0.3) is 16.5 Å². The lowest BCUT2D eigenvalue weighted by Gasteiger charge is -2.21. The van der Waals surface area contributed by atoms with Crippen molar-refractivity contribution in [1.82, 2.24) is 4.57 Å². The topological polar surface area (TPSA) is 77.8 Å². The number of methoxy groups -OCH3 is 1. The number of benzene rings is 1. The molecular formula is C19H23NO5. The Morgan fingerprint density at radius 2 is 1.88 bits per heavy atom. The van der Waals surface area contributed by atoms with Crippen molar-refractivity contribution in [3.8, 4) is 0 Å². The van der Waals surface area contributed by atoms with E-state index in [1.54, 1.807) is 32.9 Å². The highest BCUT2D eigenvalue weighted by molar-refractivity contribution is 6.18. The van der Waals surface area contributed by atoms with Gasteiger partial charge in [-0.3, -0.25) is 0 Å². The van der Waals surface area contributed by atoms with Crippen molar-refractivity contribution in [3.63, 3.8) is 0 Å². The van der Waals surface area contributed by atoms with Gasteiger partial charge in [-0.15, -0.1) is 0 Å². The van der Waals surface area contributed by atoms with Crippen molar-refractivity contribution in [1.29, 1.82) is 0 Å². The molecule has 1 aromatic carbocycles. The Bertz CT molecular complexity index is 826. The molecule has 6 heteroatoms. The molecule has 0 aliphatic rings. The van der Waals surface area contributed by atoms with Gasteiger partial charge in [-0.25, -0.2) is 14.2 Å². The quantitative estimate of drug-likeness (QED) is 0.680. The first-order valence-electron chi connectivity index (χ1n) is 7.95. The molecule has 134 valence electrons. The summed E-state index contributed by atoms with van der Waals surface area (Å²) in [5.74, 6) is -0.646. The van der Waals surface area contributed by atoms with E-state index in [1.165, 1.54) is 11.7 Å². The molecule has 0 radical (unpaired) electrons. The fourth-order valence-electron chi connectivity index (χ4n) is 2.71. The molecule has 1 heterocycles. The molecule has 0 fully saturated rings. The Balaban J connectivity index is 2.78. The third-order valence-corrected chi connectivity index (χ3v) is 3.64. The van der Waals surface area contributed by atoms with E-state index in [0.29, 0.717) is 16.8 Å². The van der Waals surface area contributed by atoms with Crippen LogP contribution in [0.15, 0.2) is 30.8 Å². The van der Waals surface area contributed by atoms with Crippen LogP contribution in [0.1, 0.15) is 32.0 Å². The fourth-order valence-corrected chi connectivity index (χ4v) is 2.71. The first-order valence-corrected chi connectivity index (χ1v) is 7.95. The van der Waals surface area contributed by atoms with Crippen molar-refractivity contribution in [2.45, 2.75) is 32.8 Å². The molecule has 2 aromatic rings. The van der Waals surface area contributed by atoms with E-state index in [4.69, 9.17) is 9.47 Å². The van der Waals surface area contributed by atoms with Crippen molar-refractivity contribution >= 4 is 28.5 Å². The van der Waals surface area contributed by atoms with Crippen molar-refractivity contribution < 1.29 is 24.2 Å². The maximum absolute atomic E-state index is 12.8. The molecular weight excluding hydrogens is 322 g/mol. The molecule has 0 atom stereocenters. The zero-order valence-corrected chi connectivity index (χ0v) is 15.0. The predicted octanol–water partition coefficient (Wildman–Crippen LogP) is 3.15. The van der Waals surface area contributed by atoms with Gasteiger partial charge in [-0.05, 0) is 38.8 Å². The number of hydrogen-bond acceptors (Lipinski definition) is 5. The van der Waals surface area contributed by atoms with Gasteiger partial charge in [-0.1, -0.05) is 24.8 Å². The van der Waals surface area contributed by atoms with Crippen molar-refractivity contribution in [3.05, 3.63) is 42.1 Å². The standard InChI is InChI=1S/C19H23NO5/c1-12(17(22)24-5)16-14(10-11-21)13-8-6-7-9-15(13)20(16)18(23)25-19(2,3)4/h6-9,21H,1,10-11H2,2-5H3. The number of aliphatic hydroxyl groups excluding tert-OH is 1. The third-order valence-electron chi connectivity index (χ3n) is 3.64. The minimum Gasteiger partial charge on any atom is -0.465 e. The molecule has 0 spiro atoms. The minimum absolute atomic E-state index is 0.0352. The highest BCUT2D eigenvalue weighted by Crippen LogP contribution is 2.32. The predicted molar refractivity (Wildman–Crippen MR) is 95.4 cm³/mol. The van der Waals surface area contributed by atoms with Crippen LogP contribution in [-0.2, 0) is 20.7 Å². The summed E-state index contributed by atoms with van der Waals surface area (Å²) in [7, 11) is 1.25. The Kier molecular flexibility index (Phi) is 5.33. The monoisotopic (exact) mass is 345 g/mol. The number of carbonyl (C=O) groups excluding carboxylic acids is 2. The van der Waals surface area contributed by atoms with E-state index in [9.17, 15) is 14.7 Å². The van der Waals surface area contributed by atoms with E-state index < -0.39 is 17.7 Å². The van der Waals surface area contributed by atoms with E-state index in [2.05, 4.69) is 6.58 Å². The second-order valence-electron chi connectivity index (χ2n) is 6.60. The molecule has 0 unspecified atom stereocenters. The molecule has 25 heavy (non-hydrogen) atoms. The first kappa shape index (κ1) is 18.7. The van der Waals surface area contributed by atoms with Gasteiger partial charge in [0.25, 0.3) is 0 Å². The van der Waals surface area contributed by atoms with Gasteiger partial charge in [0.05, 0.1) is 23.9 Å². The SMILES string of the molecule is C=C(C(=O)OC)c1c(CCO)c2ccccc2n1C(=O)OC(C)(C)C. The van der Waals surface area contributed by atoms with Crippen molar-refractivity contribution in [2.24, 2.45) is 0 Å². The van der Waals surface area contributed by atoms with Crippen LogP contribution in [0.3, 0.4) is 0 Å². The molecule has 0 saturated carbocycles. The van der Waals surface area contributed by atoms with Gasteiger partial charge in [0, 0.05) is 12.0 Å². The second kappa shape index (κ2) is 7.11. The van der Waals surface area contributed by atoms with E-state index in [-0.39, 0.29) is 18.6 Å². The summed E-state index contributed by atoms with van der Waals surface area (Å²) in [5, 5.41) is 10.2. The normalized spacial score (nSPS) is 11.4. The summed E-state index contributed by atoms with van der Waals surface area (Å²) in [6.45, 7) is 8.95. The van der Waals surface area contributed by atoms with Crippen LogP contribution in [0.2, 0.25) is 0 Å². The van der Waals surface area contributed by atoms with Gasteiger partial charge < -0.3 is 14.6 Å². The van der Waals surface area contributed by atoms with Crippen LogP contribution < -0.4 is 0 Å². The molecule has 2 rings (SSSR count). The maximum Gasteiger partial charge on any atom is 0.419 e. The van der Waals surface area contributed by atoms with Crippen LogP contribution in [0.5, 0.6) is 0 Å². The summed E-state index contributed by atoms with van der Waals surface area (Å²) < 4.78 is 11.6. The molecule has 6 nitrogen and oxygen atoms in total. The number of aliphatic hydroxyl groups is 1. The number of ether oxygens (including phenoxy) is 2. The number of fused-ring (bicyclic) bond motifs is 1.